The molecular formula is C9H10N2O2. The van der Waals surface area contributed by atoms with Gasteiger partial charge in [0.1, 0.15) is 5.69 Å². The van der Waals surface area contributed by atoms with E-state index in [1.165, 1.54) is 0 Å². The van der Waals surface area contributed by atoms with Gasteiger partial charge in [-0.25, -0.2) is 0 Å². The maximum atomic E-state index is 11.3. The molecule has 2 rings (SSSR count). The van der Waals surface area contributed by atoms with Gasteiger partial charge >= 0.3 is 0 Å². The molecule has 2 aromatic heterocycles. The molecule has 68 valence electrons. The predicted octanol–water partition coefficient (Wildman–Crippen LogP) is 1.13. The molecule has 0 radical (unpaired) electrons. The number of aryl methyl sites for hydroxylation is 1. The molecule has 13 heavy (non-hydrogen) atoms. The quantitative estimate of drug-likeness (QED) is 0.711. The van der Waals surface area contributed by atoms with Gasteiger partial charge in [-0.15, -0.1) is 0 Å². The summed E-state index contributed by atoms with van der Waals surface area (Å²) in [6.07, 6.45) is 1.61. The zero-order chi connectivity index (χ0) is 9.42. The summed E-state index contributed by atoms with van der Waals surface area (Å²) >= 11 is 0. The van der Waals surface area contributed by atoms with E-state index < -0.39 is 0 Å². The third kappa shape index (κ3) is 1.02. The normalized spacial score (nSPS) is 10.6. The van der Waals surface area contributed by atoms with Crippen LogP contribution in [0, 0.1) is 0 Å². The molecule has 0 unspecified atom stereocenters. The molecule has 0 saturated heterocycles. The molecule has 0 aliphatic carbocycles. The number of aromatic nitrogens is 1. The molecule has 1 amide bonds. The van der Waals surface area contributed by atoms with Gasteiger partial charge in [0.05, 0.1) is 11.8 Å². The first kappa shape index (κ1) is 7.91. The highest BCUT2D eigenvalue weighted by atomic mass is 16.3. The largest absolute Gasteiger partial charge is 0.463 e. The molecule has 4 heteroatoms. The minimum absolute atomic E-state index is 0.103. The van der Waals surface area contributed by atoms with Crippen molar-refractivity contribution in [1.82, 2.24) is 9.88 Å². The number of carbonyl (C=O) groups is 1. The SMILES string of the molecule is CNC(=O)c1cc2occc2n1C. The minimum atomic E-state index is -0.103. The Morgan fingerprint density at radius 2 is 2.38 bits per heavy atom. The summed E-state index contributed by atoms with van der Waals surface area (Å²) in [4.78, 5) is 11.3. The van der Waals surface area contributed by atoms with Crippen molar-refractivity contribution in [3.63, 3.8) is 0 Å². The Morgan fingerprint density at radius 3 is 3.00 bits per heavy atom. The molecular weight excluding hydrogens is 168 g/mol. The van der Waals surface area contributed by atoms with E-state index in [1.807, 2.05) is 13.1 Å². The van der Waals surface area contributed by atoms with Crippen molar-refractivity contribution in [3.05, 3.63) is 24.1 Å². The van der Waals surface area contributed by atoms with Gasteiger partial charge in [-0.05, 0) is 0 Å². The molecule has 0 fully saturated rings. The fraction of sp³-hybridized carbons (Fsp3) is 0.222. The van der Waals surface area contributed by atoms with Gasteiger partial charge in [0.2, 0.25) is 0 Å². The van der Waals surface area contributed by atoms with Gasteiger partial charge < -0.3 is 14.3 Å². The molecule has 0 bridgehead atoms. The topological polar surface area (TPSA) is 47.2 Å². The Hall–Kier alpha value is -1.71. The third-order valence-electron chi connectivity index (χ3n) is 2.12. The lowest BCUT2D eigenvalue weighted by Gasteiger charge is -2.00. The Balaban J connectivity index is 2.64. The number of amides is 1. The molecule has 0 spiro atoms. The summed E-state index contributed by atoms with van der Waals surface area (Å²) in [7, 11) is 3.44. The standard InChI is InChI=1S/C9H10N2O2/c1-10-9(12)7-5-8-6(11(7)2)3-4-13-8/h3-5H,1-2H3,(H,10,12). The van der Waals surface area contributed by atoms with E-state index in [9.17, 15) is 4.79 Å². The van der Waals surface area contributed by atoms with Crippen LogP contribution in [-0.2, 0) is 7.05 Å². The number of fused-ring (bicyclic) bond motifs is 1. The lowest BCUT2D eigenvalue weighted by molar-refractivity contribution is 0.0955. The second kappa shape index (κ2) is 2.65. The molecule has 0 aliphatic heterocycles. The smallest absolute Gasteiger partial charge is 0.267 e. The molecule has 2 aromatic rings. The van der Waals surface area contributed by atoms with Crippen molar-refractivity contribution in [2.24, 2.45) is 7.05 Å². The van der Waals surface area contributed by atoms with Crippen LogP contribution in [0.15, 0.2) is 22.8 Å². The van der Waals surface area contributed by atoms with Gasteiger partial charge in [0.15, 0.2) is 5.58 Å². The molecule has 1 N–H and O–H groups in total. The van der Waals surface area contributed by atoms with E-state index in [-0.39, 0.29) is 5.91 Å². The van der Waals surface area contributed by atoms with Crippen molar-refractivity contribution in [3.8, 4) is 0 Å². The van der Waals surface area contributed by atoms with Crippen LogP contribution in [0.2, 0.25) is 0 Å². The summed E-state index contributed by atoms with van der Waals surface area (Å²) < 4.78 is 6.98. The number of rotatable bonds is 1. The Kier molecular flexibility index (Phi) is 1.62. The van der Waals surface area contributed by atoms with Crippen LogP contribution >= 0.6 is 0 Å². The average Bonchev–Trinajstić information content (AvgIpc) is 2.68. The Bertz CT molecular complexity index is 453. The van der Waals surface area contributed by atoms with Gasteiger partial charge in [0, 0.05) is 26.2 Å². The summed E-state index contributed by atoms with van der Waals surface area (Å²) in [6.45, 7) is 0. The second-order valence-electron chi connectivity index (χ2n) is 2.84. The monoisotopic (exact) mass is 178 g/mol. The lowest BCUT2D eigenvalue weighted by atomic mass is 10.4. The van der Waals surface area contributed by atoms with Crippen molar-refractivity contribution < 1.29 is 9.21 Å². The first-order chi connectivity index (χ1) is 6.24. The fourth-order valence-electron chi connectivity index (χ4n) is 1.40. The first-order valence-corrected chi connectivity index (χ1v) is 3.99. The van der Waals surface area contributed by atoms with Gasteiger partial charge in [-0.1, -0.05) is 0 Å². The molecule has 4 nitrogen and oxygen atoms in total. The van der Waals surface area contributed by atoms with E-state index in [0.717, 1.165) is 11.1 Å². The number of furan rings is 1. The third-order valence-corrected chi connectivity index (χ3v) is 2.12. The highest BCUT2D eigenvalue weighted by Gasteiger charge is 2.12. The Labute approximate surface area is 75.1 Å². The van der Waals surface area contributed by atoms with E-state index in [1.54, 1.807) is 23.9 Å². The van der Waals surface area contributed by atoms with E-state index >= 15 is 0 Å². The Morgan fingerprint density at radius 1 is 1.62 bits per heavy atom. The minimum Gasteiger partial charge on any atom is -0.463 e. The van der Waals surface area contributed by atoms with Crippen LogP contribution in [0.4, 0.5) is 0 Å². The van der Waals surface area contributed by atoms with Crippen molar-refractivity contribution in [1.29, 1.82) is 0 Å². The number of nitrogens with one attached hydrogen (secondary N) is 1. The van der Waals surface area contributed by atoms with Crippen molar-refractivity contribution >= 4 is 17.0 Å². The van der Waals surface area contributed by atoms with E-state index in [2.05, 4.69) is 5.32 Å². The number of hydrogen-bond acceptors (Lipinski definition) is 2. The van der Waals surface area contributed by atoms with Crippen molar-refractivity contribution in [2.75, 3.05) is 7.05 Å². The number of hydrogen-bond donors (Lipinski definition) is 1. The van der Waals surface area contributed by atoms with Crippen LogP contribution in [0.25, 0.3) is 11.1 Å². The predicted molar refractivity (Wildman–Crippen MR) is 48.6 cm³/mol. The zero-order valence-electron chi connectivity index (χ0n) is 7.50. The highest BCUT2D eigenvalue weighted by molar-refractivity contribution is 5.97. The first-order valence-electron chi connectivity index (χ1n) is 3.99. The number of nitrogens with zero attached hydrogens (tertiary/aromatic N) is 1. The molecule has 2 heterocycles. The fourth-order valence-corrected chi connectivity index (χ4v) is 1.40. The number of carbonyl (C=O) groups excluding carboxylic acids is 1. The molecule has 0 saturated carbocycles. The molecule has 0 aromatic carbocycles. The van der Waals surface area contributed by atoms with E-state index in [0.29, 0.717) is 5.69 Å². The molecule has 0 atom stereocenters. The van der Waals surface area contributed by atoms with Gasteiger partial charge in [-0.2, -0.15) is 0 Å². The van der Waals surface area contributed by atoms with Crippen LogP contribution in [-0.4, -0.2) is 17.5 Å². The van der Waals surface area contributed by atoms with Crippen LogP contribution < -0.4 is 5.32 Å². The van der Waals surface area contributed by atoms with Gasteiger partial charge in [-0.3, -0.25) is 4.79 Å². The van der Waals surface area contributed by atoms with Crippen LogP contribution in [0.1, 0.15) is 10.5 Å². The van der Waals surface area contributed by atoms with Gasteiger partial charge in [0.25, 0.3) is 5.91 Å². The summed E-state index contributed by atoms with van der Waals surface area (Å²) in [5.41, 5.74) is 2.27. The maximum absolute atomic E-state index is 11.3. The summed E-state index contributed by atoms with van der Waals surface area (Å²) in [6, 6.07) is 3.57. The maximum Gasteiger partial charge on any atom is 0.267 e. The van der Waals surface area contributed by atoms with Crippen LogP contribution in [0.5, 0.6) is 0 Å². The summed E-state index contributed by atoms with van der Waals surface area (Å²) in [5.74, 6) is -0.103. The second-order valence-corrected chi connectivity index (χ2v) is 2.84. The lowest BCUT2D eigenvalue weighted by Crippen LogP contribution is -2.20. The zero-order valence-corrected chi connectivity index (χ0v) is 7.50. The molecule has 0 aliphatic rings. The van der Waals surface area contributed by atoms with E-state index in [4.69, 9.17) is 4.42 Å². The van der Waals surface area contributed by atoms with Crippen LogP contribution in [0.3, 0.4) is 0 Å². The average molecular weight is 178 g/mol. The van der Waals surface area contributed by atoms with Crippen molar-refractivity contribution in [2.45, 2.75) is 0 Å². The summed E-state index contributed by atoms with van der Waals surface area (Å²) in [5, 5.41) is 2.57. The highest BCUT2D eigenvalue weighted by Crippen LogP contribution is 2.19.